The number of hydrogen-bond donors (Lipinski definition) is 6. The van der Waals surface area contributed by atoms with Crippen LogP contribution in [0.15, 0.2) is 97.3 Å². The van der Waals surface area contributed by atoms with Crippen molar-refractivity contribution in [2.24, 2.45) is 11.5 Å². The zero-order valence-electron chi connectivity index (χ0n) is 20.9. The number of nitrogens with two attached hydrogens (primary N) is 2. The average molecular weight is 527 g/mol. The highest BCUT2D eigenvalue weighted by Crippen LogP contribution is 2.27. The van der Waals surface area contributed by atoms with E-state index in [9.17, 15) is 14.7 Å². The van der Waals surface area contributed by atoms with Gasteiger partial charge in [0.1, 0.15) is 5.75 Å². The molecule has 5 rings (SSSR count). The topological polar surface area (TPSA) is 195 Å². The first-order valence-electron chi connectivity index (χ1n) is 11.8. The van der Waals surface area contributed by atoms with Crippen molar-refractivity contribution in [3.8, 4) is 5.75 Å². The second-order valence-electron chi connectivity index (χ2n) is 8.10. The number of urea groups is 1. The van der Waals surface area contributed by atoms with Crippen LogP contribution in [0.25, 0.3) is 21.8 Å². The number of phenols is 1. The number of phenolic OH excluding ortho intramolecular Hbond substituents is 1. The van der Waals surface area contributed by atoms with Crippen LogP contribution in [0.4, 0.5) is 10.5 Å². The Kier molecular flexibility index (Phi) is 9.80. The first kappa shape index (κ1) is 28.0. The molecule has 0 aliphatic heterocycles. The van der Waals surface area contributed by atoms with Gasteiger partial charge in [-0.15, -0.1) is 0 Å². The molecule has 0 radical (unpaired) electrons. The fourth-order valence-corrected chi connectivity index (χ4v) is 3.71. The third-order valence-corrected chi connectivity index (χ3v) is 5.33. The number of pyridine rings is 1. The highest BCUT2D eigenvalue weighted by Gasteiger charge is 2.10. The number of nitrogens with one attached hydrogen (secondary N) is 3. The highest BCUT2D eigenvalue weighted by atomic mass is 16.4. The highest BCUT2D eigenvalue weighted by molar-refractivity contribution is 6.07. The maximum absolute atomic E-state index is 12.1. The summed E-state index contributed by atoms with van der Waals surface area (Å²) in [6, 6.07) is 24.3. The number of guanidine groups is 1. The van der Waals surface area contributed by atoms with E-state index in [-0.39, 0.29) is 17.6 Å². The van der Waals surface area contributed by atoms with Crippen LogP contribution in [0.2, 0.25) is 0 Å². The summed E-state index contributed by atoms with van der Waals surface area (Å²) in [6.45, 7) is 1.01. The molecule has 3 aromatic carbocycles. The van der Waals surface area contributed by atoms with Crippen LogP contribution in [0.3, 0.4) is 0 Å². The third kappa shape index (κ3) is 8.22. The van der Waals surface area contributed by atoms with Crippen molar-refractivity contribution in [3.63, 3.8) is 0 Å². The van der Waals surface area contributed by atoms with Gasteiger partial charge >= 0.3 is 6.03 Å². The Balaban J connectivity index is 0.000000320. The van der Waals surface area contributed by atoms with Gasteiger partial charge in [0.15, 0.2) is 5.96 Å². The second kappa shape index (κ2) is 13.7. The lowest BCUT2D eigenvalue weighted by atomic mass is 10.2. The molecule has 0 aliphatic carbocycles. The molecule has 0 spiro atoms. The number of hydrogen-bond acceptors (Lipinski definition) is 6. The molecule has 2 amide bonds. The lowest BCUT2D eigenvalue weighted by Gasteiger charge is -2.10. The molecule has 2 aromatic heterocycles. The Hall–Kier alpha value is -5.58. The minimum absolute atomic E-state index is 0.0610. The minimum Gasteiger partial charge on any atom is -0.545 e. The molecule has 0 fully saturated rings. The van der Waals surface area contributed by atoms with Gasteiger partial charge in [-0.05, 0) is 42.0 Å². The van der Waals surface area contributed by atoms with E-state index in [1.807, 2.05) is 36.5 Å². The van der Waals surface area contributed by atoms with Gasteiger partial charge in [-0.3, -0.25) is 10.4 Å². The number of carbonyl (C=O) groups is 2. The van der Waals surface area contributed by atoms with E-state index in [1.54, 1.807) is 30.5 Å². The normalized spacial score (nSPS) is 9.95. The summed E-state index contributed by atoms with van der Waals surface area (Å²) in [4.78, 5) is 27.1. The van der Waals surface area contributed by atoms with Crippen LogP contribution in [0.5, 0.6) is 5.75 Å². The van der Waals surface area contributed by atoms with Crippen molar-refractivity contribution in [1.29, 1.82) is 5.41 Å². The molecule has 0 bridgehead atoms. The van der Waals surface area contributed by atoms with Crippen LogP contribution >= 0.6 is 0 Å². The Morgan fingerprint density at radius 1 is 0.897 bits per heavy atom. The van der Waals surface area contributed by atoms with Crippen molar-refractivity contribution in [1.82, 2.24) is 14.9 Å². The van der Waals surface area contributed by atoms with Gasteiger partial charge in [0.25, 0.3) is 0 Å². The van der Waals surface area contributed by atoms with E-state index in [2.05, 4.69) is 37.7 Å². The van der Waals surface area contributed by atoms with Gasteiger partial charge in [-0.25, -0.2) is 4.79 Å². The largest absolute Gasteiger partial charge is 0.545 e. The van der Waals surface area contributed by atoms with Crippen molar-refractivity contribution < 1.29 is 19.8 Å². The number of anilines is 1. The van der Waals surface area contributed by atoms with Crippen LogP contribution in [0.1, 0.15) is 10.4 Å². The lowest BCUT2D eigenvalue weighted by Crippen LogP contribution is -2.31. The van der Waals surface area contributed by atoms with Crippen LogP contribution in [-0.4, -0.2) is 39.2 Å². The quantitative estimate of drug-likeness (QED) is 0.149. The summed E-state index contributed by atoms with van der Waals surface area (Å²) in [5.74, 6) is -1.26. The number of benzene rings is 3. The number of rotatable bonds is 5. The maximum Gasteiger partial charge on any atom is 0.319 e. The van der Waals surface area contributed by atoms with Gasteiger partial charge in [-0.2, -0.15) is 0 Å². The summed E-state index contributed by atoms with van der Waals surface area (Å²) in [5, 5.41) is 33.2. The standard InChI is InChI=1S/C21H18N4O3.C6H6O.CH5N3/c26-20(27)14-5-7-15(8-6-14)24-21(28)23-11-12-25-18-4-2-1-3-16(18)17-9-10-22-13-19(17)25;7-6-4-2-1-3-5-6;2-1(3)4/h1-10,13H,11-12H2,(H,26,27)(H2,23,24,28);1-5,7H;(H5,2,3,4)/p-1. The number of para-hydroxylation sites is 2. The van der Waals surface area contributed by atoms with Crippen LogP contribution in [0, 0.1) is 5.41 Å². The number of fused-ring (bicyclic) bond motifs is 3. The van der Waals surface area contributed by atoms with Gasteiger partial charge in [0, 0.05) is 41.3 Å². The summed E-state index contributed by atoms with van der Waals surface area (Å²) < 4.78 is 2.13. The molecule has 200 valence electrons. The van der Waals surface area contributed by atoms with E-state index >= 15 is 0 Å². The molecule has 0 saturated heterocycles. The molecule has 0 atom stereocenters. The van der Waals surface area contributed by atoms with Crippen LogP contribution < -0.4 is 27.2 Å². The molecular weight excluding hydrogens is 498 g/mol. The number of aromatic carboxylic acids is 1. The Morgan fingerprint density at radius 2 is 1.51 bits per heavy atom. The van der Waals surface area contributed by atoms with E-state index in [4.69, 9.17) is 10.5 Å². The smallest absolute Gasteiger partial charge is 0.319 e. The SMILES string of the molecule is N=C(N)N.O=C(NCCn1c2ccccc2c2ccncc21)Nc1ccc(C(=O)[O-])cc1.Oc1ccccc1. The Labute approximate surface area is 224 Å². The van der Waals surface area contributed by atoms with Crippen molar-refractivity contribution >= 4 is 45.5 Å². The lowest BCUT2D eigenvalue weighted by molar-refractivity contribution is -0.255. The van der Waals surface area contributed by atoms with Crippen molar-refractivity contribution in [3.05, 3.63) is 103 Å². The number of amides is 2. The summed E-state index contributed by atoms with van der Waals surface area (Å²) in [6.07, 6.45) is 3.60. The molecule has 2 heterocycles. The molecule has 11 heteroatoms. The molecule has 11 nitrogen and oxygen atoms in total. The van der Waals surface area contributed by atoms with Crippen LogP contribution in [-0.2, 0) is 6.54 Å². The molecule has 0 saturated carbocycles. The third-order valence-electron chi connectivity index (χ3n) is 5.33. The second-order valence-corrected chi connectivity index (χ2v) is 8.10. The van der Waals surface area contributed by atoms with Gasteiger partial charge in [0.2, 0.25) is 0 Å². The minimum atomic E-state index is -1.25. The fourth-order valence-electron chi connectivity index (χ4n) is 3.71. The first-order chi connectivity index (χ1) is 18.8. The number of aromatic nitrogens is 2. The van der Waals surface area contributed by atoms with E-state index in [0.717, 1.165) is 21.8 Å². The molecule has 0 unspecified atom stereocenters. The average Bonchev–Trinajstić information content (AvgIpc) is 3.23. The predicted molar refractivity (Wildman–Crippen MR) is 149 cm³/mol. The number of carboxylic acid groups (broad SMARTS) is 1. The monoisotopic (exact) mass is 526 g/mol. The zero-order valence-corrected chi connectivity index (χ0v) is 20.9. The molecule has 0 aliphatic rings. The summed E-state index contributed by atoms with van der Waals surface area (Å²) in [7, 11) is 0. The Bertz CT molecular complexity index is 1490. The van der Waals surface area contributed by atoms with E-state index < -0.39 is 5.97 Å². The van der Waals surface area contributed by atoms with Gasteiger partial charge in [-0.1, -0.05) is 48.5 Å². The van der Waals surface area contributed by atoms with Crippen molar-refractivity contribution in [2.75, 3.05) is 11.9 Å². The predicted octanol–water partition coefficient (Wildman–Crippen LogP) is 2.61. The van der Waals surface area contributed by atoms with Gasteiger partial charge in [0.05, 0.1) is 17.7 Å². The van der Waals surface area contributed by atoms with Crippen molar-refractivity contribution in [2.45, 2.75) is 6.54 Å². The molecule has 39 heavy (non-hydrogen) atoms. The molecular formula is C28H28N7O4-. The fraction of sp³-hybridized carbons (Fsp3) is 0.0714. The molecule has 5 aromatic rings. The number of carbonyl (C=O) groups excluding carboxylic acids is 2. The Morgan fingerprint density at radius 3 is 2.13 bits per heavy atom. The summed E-state index contributed by atoms with van der Waals surface area (Å²) in [5.41, 5.74) is 11.6. The number of nitrogens with zero attached hydrogens (tertiary/aromatic N) is 2. The van der Waals surface area contributed by atoms with E-state index in [1.165, 1.54) is 24.3 Å². The first-order valence-corrected chi connectivity index (χ1v) is 11.8. The van der Waals surface area contributed by atoms with E-state index in [0.29, 0.717) is 24.5 Å². The molecule has 8 N–H and O–H groups in total. The maximum atomic E-state index is 12.1. The number of aromatic hydroxyl groups is 1. The number of carboxylic acids is 1. The zero-order chi connectivity index (χ0) is 28.2. The van der Waals surface area contributed by atoms with Gasteiger partial charge < -0.3 is 41.7 Å². The summed E-state index contributed by atoms with van der Waals surface area (Å²) >= 11 is 0.